The van der Waals surface area contributed by atoms with Gasteiger partial charge in [-0.25, -0.2) is 0 Å². The molecule has 0 radical (unpaired) electrons. The number of rotatable bonds is 15. The molecule has 0 aliphatic rings. The summed E-state index contributed by atoms with van der Waals surface area (Å²) in [5, 5.41) is 22.1. The second kappa shape index (κ2) is 14.4. The third-order valence-electron chi connectivity index (χ3n) is 5.24. The standard InChI is InChI=1S/C29H32O7/c1-21(30)26(32)27(33)29(36-19-24-15-9-4-10-16-24)28(35-18-23-13-7-3-8-14-23)25(31)20-34-17-22-11-5-2-6-12-22/h2-16,25,27-29,31,33H,17-20H2,1H3/t25-,27-,28-,29-/m1/s1/i17D,18D,19D/t17?,18?,19?,25-,27-,28-,29-. The Morgan fingerprint density at radius 1 is 0.722 bits per heavy atom. The van der Waals surface area contributed by atoms with Crippen molar-refractivity contribution in [3.05, 3.63) is 108 Å². The molecule has 7 nitrogen and oxygen atoms in total. The molecule has 0 aliphatic carbocycles. The van der Waals surface area contributed by atoms with Gasteiger partial charge >= 0.3 is 0 Å². The number of aliphatic hydroxyl groups is 2. The predicted molar refractivity (Wildman–Crippen MR) is 134 cm³/mol. The molecule has 3 unspecified atom stereocenters. The lowest BCUT2D eigenvalue weighted by Crippen LogP contribution is -2.52. The molecular weight excluding hydrogens is 460 g/mol. The van der Waals surface area contributed by atoms with Crippen LogP contribution in [0.2, 0.25) is 0 Å². The molecule has 7 atom stereocenters. The largest absolute Gasteiger partial charge is 0.388 e. The molecule has 0 saturated heterocycles. The van der Waals surface area contributed by atoms with Crippen molar-refractivity contribution in [1.29, 1.82) is 0 Å². The number of ketones is 2. The summed E-state index contributed by atoms with van der Waals surface area (Å²) in [4.78, 5) is 24.4. The molecule has 0 aromatic heterocycles. The highest BCUT2D eigenvalue weighted by atomic mass is 16.6. The van der Waals surface area contributed by atoms with Crippen LogP contribution in [0, 0.1) is 0 Å². The van der Waals surface area contributed by atoms with E-state index in [2.05, 4.69) is 0 Å². The Morgan fingerprint density at radius 2 is 1.14 bits per heavy atom. The first kappa shape index (κ1) is 23.2. The maximum atomic E-state index is 12.6. The van der Waals surface area contributed by atoms with E-state index in [1.54, 1.807) is 91.0 Å². The second-order valence-corrected chi connectivity index (χ2v) is 8.05. The zero-order chi connectivity index (χ0) is 28.4. The lowest BCUT2D eigenvalue weighted by molar-refractivity contribution is -0.181. The minimum Gasteiger partial charge on any atom is -0.388 e. The summed E-state index contributed by atoms with van der Waals surface area (Å²) in [7, 11) is 0. The van der Waals surface area contributed by atoms with Gasteiger partial charge in [0.25, 0.3) is 0 Å². The van der Waals surface area contributed by atoms with E-state index in [-0.39, 0.29) is 0 Å². The molecule has 0 fully saturated rings. The average molecular weight is 496 g/mol. The SMILES string of the molecule is [2H]C(OC[C@@H](O)[C@@H](OC([2H])c1ccccc1)[C@H](OC([2H])c1ccccc1)[C@H](O)C(=O)C(C)=O)c1ccccc1. The Labute approximate surface area is 215 Å². The molecule has 0 saturated carbocycles. The van der Waals surface area contributed by atoms with Gasteiger partial charge in [0.1, 0.15) is 24.4 Å². The molecule has 7 heteroatoms. The van der Waals surface area contributed by atoms with Crippen LogP contribution >= 0.6 is 0 Å². The van der Waals surface area contributed by atoms with Gasteiger partial charge in [0.05, 0.1) is 30.5 Å². The van der Waals surface area contributed by atoms with Crippen LogP contribution in [-0.2, 0) is 43.5 Å². The molecular formula is C29H32O7. The fourth-order valence-corrected chi connectivity index (χ4v) is 3.32. The van der Waals surface area contributed by atoms with Crippen molar-refractivity contribution in [2.45, 2.75) is 51.1 Å². The summed E-state index contributed by atoms with van der Waals surface area (Å²) in [6.45, 7) is -3.50. The fraction of sp³-hybridized carbons (Fsp3) is 0.310. The molecule has 36 heavy (non-hydrogen) atoms. The van der Waals surface area contributed by atoms with Gasteiger partial charge in [0.2, 0.25) is 5.78 Å². The first-order chi connectivity index (χ1) is 18.7. The van der Waals surface area contributed by atoms with Crippen molar-refractivity contribution in [3.63, 3.8) is 0 Å². The average Bonchev–Trinajstić information content (AvgIpc) is 2.97. The smallest absolute Gasteiger partial charge is 0.229 e. The number of aliphatic hydroxyl groups excluding tert-OH is 2. The van der Waals surface area contributed by atoms with Crippen molar-refractivity contribution in [3.8, 4) is 0 Å². The number of Topliss-reactive ketones (excluding diaryl/α,β-unsaturated/α-hetero) is 2. The topological polar surface area (TPSA) is 102 Å². The highest BCUT2D eigenvalue weighted by Gasteiger charge is 2.40. The van der Waals surface area contributed by atoms with Crippen LogP contribution in [0.1, 0.15) is 27.7 Å². The van der Waals surface area contributed by atoms with Gasteiger partial charge in [-0.2, -0.15) is 0 Å². The molecule has 0 amide bonds. The zero-order valence-corrected chi connectivity index (χ0v) is 19.8. The summed E-state index contributed by atoms with van der Waals surface area (Å²) in [6.07, 6.45) is -7.08. The van der Waals surface area contributed by atoms with Crippen LogP contribution < -0.4 is 0 Å². The minimum absolute atomic E-state index is 0.384. The molecule has 0 spiro atoms. The Morgan fingerprint density at radius 3 is 1.58 bits per heavy atom. The van der Waals surface area contributed by atoms with E-state index in [0.29, 0.717) is 16.7 Å². The third-order valence-corrected chi connectivity index (χ3v) is 5.24. The van der Waals surface area contributed by atoms with Crippen molar-refractivity contribution >= 4 is 11.6 Å². The second-order valence-electron chi connectivity index (χ2n) is 8.05. The van der Waals surface area contributed by atoms with Crippen LogP contribution in [0.5, 0.6) is 0 Å². The Kier molecular flexibility index (Phi) is 9.27. The van der Waals surface area contributed by atoms with Crippen LogP contribution in [-0.4, -0.2) is 52.8 Å². The van der Waals surface area contributed by atoms with Crippen LogP contribution in [0.3, 0.4) is 0 Å². The van der Waals surface area contributed by atoms with Gasteiger partial charge in [0.15, 0.2) is 5.78 Å². The predicted octanol–water partition coefficient (Wildman–Crippen LogP) is 3.25. The van der Waals surface area contributed by atoms with Gasteiger partial charge in [-0.15, -0.1) is 0 Å². The molecule has 0 bridgehead atoms. The Balaban J connectivity index is 1.92. The minimum atomic E-state index is -2.11. The van der Waals surface area contributed by atoms with E-state index < -0.39 is 62.3 Å². The summed E-state index contributed by atoms with van der Waals surface area (Å²) >= 11 is 0. The number of hydrogen-bond acceptors (Lipinski definition) is 7. The molecule has 190 valence electrons. The monoisotopic (exact) mass is 495 g/mol. The molecule has 0 aliphatic heterocycles. The molecule has 3 aromatic rings. The third kappa shape index (κ3) is 8.48. The Bertz CT molecular complexity index is 1170. The van der Waals surface area contributed by atoms with E-state index in [0.717, 1.165) is 6.92 Å². The van der Waals surface area contributed by atoms with E-state index in [1.807, 2.05) is 0 Å². The fourth-order valence-electron chi connectivity index (χ4n) is 3.32. The van der Waals surface area contributed by atoms with Gasteiger partial charge in [-0.05, 0) is 16.7 Å². The molecule has 2 N–H and O–H groups in total. The van der Waals surface area contributed by atoms with Gasteiger partial charge in [-0.1, -0.05) is 91.0 Å². The van der Waals surface area contributed by atoms with Crippen LogP contribution in [0.4, 0.5) is 0 Å². The summed E-state index contributed by atoms with van der Waals surface area (Å²) in [5.41, 5.74) is 1.32. The van der Waals surface area contributed by atoms with Crippen LogP contribution in [0.15, 0.2) is 91.0 Å². The number of benzene rings is 3. The van der Waals surface area contributed by atoms with Crippen molar-refractivity contribution in [2.24, 2.45) is 0 Å². The number of carbonyl (C=O) groups is 2. The molecule has 0 heterocycles. The maximum absolute atomic E-state index is 12.6. The Hall–Kier alpha value is -3.20. The first-order valence-electron chi connectivity index (χ1n) is 13.2. The summed E-state index contributed by atoms with van der Waals surface area (Å²) in [6, 6.07) is 25.3. The quantitative estimate of drug-likeness (QED) is 0.312. The van der Waals surface area contributed by atoms with Crippen molar-refractivity contribution in [2.75, 3.05) is 6.61 Å². The number of carbonyl (C=O) groups excluding carboxylic acids is 2. The summed E-state index contributed by atoms with van der Waals surface area (Å²) in [5.74, 6) is -2.16. The lowest BCUT2D eigenvalue weighted by Gasteiger charge is -2.33. The molecule has 3 aromatic carbocycles. The highest BCUT2D eigenvalue weighted by molar-refractivity contribution is 6.38. The highest BCUT2D eigenvalue weighted by Crippen LogP contribution is 2.20. The van der Waals surface area contributed by atoms with Crippen molar-refractivity contribution < 1.29 is 38.1 Å². The summed E-state index contributed by atoms with van der Waals surface area (Å²) < 4.78 is 42.3. The lowest BCUT2D eigenvalue weighted by atomic mass is 9.98. The normalized spacial score (nSPS) is 18.4. The zero-order valence-electron chi connectivity index (χ0n) is 22.8. The van der Waals surface area contributed by atoms with Crippen molar-refractivity contribution in [1.82, 2.24) is 0 Å². The van der Waals surface area contributed by atoms with E-state index in [9.17, 15) is 19.8 Å². The first-order valence-corrected chi connectivity index (χ1v) is 11.4. The molecule has 3 rings (SSSR count). The van der Waals surface area contributed by atoms with E-state index >= 15 is 0 Å². The maximum Gasteiger partial charge on any atom is 0.229 e. The van der Waals surface area contributed by atoms with Gasteiger partial charge in [-0.3, -0.25) is 9.59 Å². The van der Waals surface area contributed by atoms with Gasteiger partial charge in [0, 0.05) is 6.92 Å². The van der Waals surface area contributed by atoms with Gasteiger partial charge < -0.3 is 24.4 Å². The number of hydrogen-bond donors (Lipinski definition) is 2. The van der Waals surface area contributed by atoms with Crippen LogP contribution in [0.25, 0.3) is 0 Å². The van der Waals surface area contributed by atoms with E-state index in [4.69, 9.17) is 18.3 Å². The van der Waals surface area contributed by atoms with E-state index in [1.165, 1.54) is 0 Å². The number of ether oxygens (including phenoxy) is 3.